The van der Waals surface area contributed by atoms with Gasteiger partial charge in [-0.05, 0) is 12.5 Å². The van der Waals surface area contributed by atoms with Crippen molar-refractivity contribution in [2.24, 2.45) is 0 Å². The van der Waals surface area contributed by atoms with Crippen LogP contribution in [0, 0.1) is 5.82 Å². The molecule has 1 atom stereocenters. The van der Waals surface area contributed by atoms with Crippen LogP contribution in [-0.2, 0) is 0 Å². The Balaban J connectivity index is 2.11. The predicted octanol–water partition coefficient (Wildman–Crippen LogP) is 2.89. The van der Waals surface area contributed by atoms with Gasteiger partial charge in [0.2, 0.25) is 0 Å². The molecule has 0 aliphatic carbocycles. The van der Waals surface area contributed by atoms with E-state index in [2.05, 4.69) is 5.32 Å². The first-order valence-electron chi connectivity index (χ1n) is 4.94. The van der Waals surface area contributed by atoms with Gasteiger partial charge in [0.05, 0.1) is 6.54 Å². The zero-order valence-electron chi connectivity index (χ0n) is 8.14. The Kier molecular flexibility index (Phi) is 2.69. The van der Waals surface area contributed by atoms with Crippen LogP contribution < -0.4 is 5.32 Å². The lowest BCUT2D eigenvalue weighted by Gasteiger charge is -2.30. The van der Waals surface area contributed by atoms with Gasteiger partial charge in [0.15, 0.2) is 0 Å². The van der Waals surface area contributed by atoms with Crippen LogP contribution in [0.25, 0.3) is 0 Å². The SMILES string of the molecule is Fc1ccccc1C1CCC(F)(F)CN1. The van der Waals surface area contributed by atoms with Crippen LogP contribution in [0.1, 0.15) is 24.4 Å². The number of rotatable bonds is 1. The van der Waals surface area contributed by atoms with E-state index in [1.807, 2.05) is 0 Å². The van der Waals surface area contributed by atoms with Gasteiger partial charge < -0.3 is 5.32 Å². The van der Waals surface area contributed by atoms with E-state index in [1.165, 1.54) is 6.07 Å². The number of piperidine rings is 1. The Labute approximate surface area is 86.3 Å². The quantitative estimate of drug-likeness (QED) is 0.759. The standard InChI is InChI=1S/C11H12F3N/c12-9-4-2-1-3-8(9)10-5-6-11(13,14)7-15-10/h1-4,10,15H,5-7H2. The Morgan fingerprint density at radius 1 is 1.27 bits per heavy atom. The minimum Gasteiger partial charge on any atom is -0.304 e. The van der Waals surface area contributed by atoms with Crippen LogP contribution in [0.4, 0.5) is 13.2 Å². The van der Waals surface area contributed by atoms with Gasteiger partial charge in [-0.15, -0.1) is 0 Å². The maximum atomic E-state index is 13.3. The van der Waals surface area contributed by atoms with Crippen molar-refractivity contribution in [1.82, 2.24) is 5.32 Å². The molecule has 0 aromatic heterocycles. The van der Waals surface area contributed by atoms with Crippen molar-refractivity contribution in [3.8, 4) is 0 Å². The van der Waals surface area contributed by atoms with Gasteiger partial charge in [-0.1, -0.05) is 18.2 Å². The summed E-state index contributed by atoms with van der Waals surface area (Å²) in [5.41, 5.74) is 0.480. The third-order valence-electron chi connectivity index (χ3n) is 2.69. The fraction of sp³-hybridized carbons (Fsp3) is 0.455. The lowest BCUT2D eigenvalue weighted by Crippen LogP contribution is -2.41. The zero-order chi connectivity index (χ0) is 10.9. The molecule has 1 aromatic carbocycles. The lowest BCUT2D eigenvalue weighted by molar-refractivity contribution is -0.0305. The molecule has 1 unspecified atom stereocenters. The van der Waals surface area contributed by atoms with E-state index in [0.717, 1.165) is 0 Å². The molecule has 1 aromatic rings. The van der Waals surface area contributed by atoms with Gasteiger partial charge >= 0.3 is 0 Å². The Bertz CT molecular complexity index is 341. The van der Waals surface area contributed by atoms with E-state index < -0.39 is 5.92 Å². The summed E-state index contributed by atoms with van der Waals surface area (Å²) in [6.07, 6.45) is 0.0902. The molecule has 1 fully saturated rings. The maximum Gasteiger partial charge on any atom is 0.260 e. The van der Waals surface area contributed by atoms with Crippen LogP contribution >= 0.6 is 0 Å². The van der Waals surface area contributed by atoms with Crippen molar-refractivity contribution in [1.29, 1.82) is 0 Å². The van der Waals surface area contributed by atoms with Crippen LogP contribution in [0.5, 0.6) is 0 Å². The van der Waals surface area contributed by atoms with E-state index in [1.54, 1.807) is 18.2 Å². The van der Waals surface area contributed by atoms with Gasteiger partial charge in [0.1, 0.15) is 5.82 Å². The minimum atomic E-state index is -2.65. The van der Waals surface area contributed by atoms with E-state index in [9.17, 15) is 13.2 Å². The first-order chi connectivity index (χ1) is 7.08. The number of hydrogen-bond donors (Lipinski definition) is 1. The number of alkyl halides is 2. The van der Waals surface area contributed by atoms with Crippen LogP contribution in [0.15, 0.2) is 24.3 Å². The highest BCUT2D eigenvalue weighted by Gasteiger charge is 2.35. The third kappa shape index (κ3) is 2.31. The summed E-state index contributed by atoms with van der Waals surface area (Å²) in [7, 11) is 0. The summed E-state index contributed by atoms with van der Waals surface area (Å²) < 4.78 is 39.0. The second-order valence-electron chi connectivity index (χ2n) is 3.85. The van der Waals surface area contributed by atoms with Crippen molar-refractivity contribution in [3.05, 3.63) is 35.6 Å². The molecule has 1 nitrogen and oxygen atoms in total. The highest BCUT2D eigenvalue weighted by atomic mass is 19.3. The highest BCUT2D eigenvalue weighted by molar-refractivity contribution is 5.21. The van der Waals surface area contributed by atoms with Crippen molar-refractivity contribution in [2.75, 3.05) is 6.54 Å². The smallest absolute Gasteiger partial charge is 0.260 e. The van der Waals surface area contributed by atoms with E-state index in [-0.39, 0.29) is 31.2 Å². The van der Waals surface area contributed by atoms with Gasteiger partial charge in [0, 0.05) is 18.0 Å². The summed E-state index contributed by atoms with van der Waals surface area (Å²) in [4.78, 5) is 0. The Morgan fingerprint density at radius 3 is 2.60 bits per heavy atom. The fourth-order valence-corrected chi connectivity index (χ4v) is 1.84. The molecule has 15 heavy (non-hydrogen) atoms. The summed E-state index contributed by atoms with van der Waals surface area (Å²) >= 11 is 0. The molecule has 0 bridgehead atoms. The molecule has 1 saturated heterocycles. The Morgan fingerprint density at radius 2 is 2.00 bits per heavy atom. The Hall–Kier alpha value is -1.03. The second kappa shape index (κ2) is 3.85. The van der Waals surface area contributed by atoms with Gasteiger partial charge in [-0.2, -0.15) is 0 Å². The molecule has 1 aliphatic heterocycles. The maximum absolute atomic E-state index is 13.3. The average Bonchev–Trinajstić information content (AvgIpc) is 2.19. The molecule has 0 spiro atoms. The minimum absolute atomic E-state index is 0.182. The molecule has 0 amide bonds. The van der Waals surface area contributed by atoms with Crippen LogP contribution in [0.2, 0.25) is 0 Å². The molecule has 4 heteroatoms. The summed E-state index contributed by atoms with van der Waals surface area (Å²) in [6.45, 7) is -0.369. The average molecular weight is 215 g/mol. The fourth-order valence-electron chi connectivity index (χ4n) is 1.84. The molecule has 0 radical (unpaired) electrons. The summed E-state index contributed by atoms with van der Waals surface area (Å²) in [6, 6.07) is 6.01. The van der Waals surface area contributed by atoms with Gasteiger partial charge in [-0.25, -0.2) is 13.2 Å². The van der Waals surface area contributed by atoms with E-state index in [0.29, 0.717) is 5.56 Å². The van der Waals surface area contributed by atoms with Crippen molar-refractivity contribution >= 4 is 0 Å². The largest absolute Gasteiger partial charge is 0.304 e. The number of benzene rings is 1. The predicted molar refractivity (Wildman–Crippen MR) is 51.3 cm³/mol. The lowest BCUT2D eigenvalue weighted by atomic mass is 9.95. The number of nitrogens with one attached hydrogen (secondary N) is 1. The molecule has 1 N–H and O–H groups in total. The number of halogens is 3. The molecule has 1 heterocycles. The van der Waals surface area contributed by atoms with E-state index in [4.69, 9.17) is 0 Å². The molecule has 2 rings (SSSR count). The molecule has 0 saturated carbocycles. The monoisotopic (exact) mass is 215 g/mol. The summed E-state index contributed by atoms with van der Waals surface area (Å²) in [5.74, 6) is -2.98. The van der Waals surface area contributed by atoms with Crippen LogP contribution in [-0.4, -0.2) is 12.5 Å². The zero-order valence-corrected chi connectivity index (χ0v) is 8.14. The first kappa shape index (κ1) is 10.5. The first-order valence-corrected chi connectivity index (χ1v) is 4.94. The number of hydrogen-bond acceptors (Lipinski definition) is 1. The van der Waals surface area contributed by atoms with Crippen molar-refractivity contribution in [3.63, 3.8) is 0 Å². The molecular formula is C11H12F3N. The van der Waals surface area contributed by atoms with Gasteiger partial charge in [-0.3, -0.25) is 0 Å². The molecule has 82 valence electrons. The topological polar surface area (TPSA) is 12.0 Å². The van der Waals surface area contributed by atoms with Crippen molar-refractivity contribution in [2.45, 2.75) is 24.8 Å². The third-order valence-corrected chi connectivity index (χ3v) is 2.69. The highest BCUT2D eigenvalue weighted by Crippen LogP contribution is 2.32. The van der Waals surface area contributed by atoms with Crippen LogP contribution in [0.3, 0.4) is 0 Å². The van der Waals surface area contributed by atoms with Crippen molar-refractivity contribution < 1.29 is 13.2 Å². The normalized spacial score (nSPS) is 25.1. The second-order valence-corrected chi connectivity index (χ2v) is 3.85. The van der Waals surface area contributed by atoms with E-state index >= 15 is 0 Å². The molecular weight excluding hydrogens is 203 g/mol. The summed E-state index contributed by atoms with van der Waals surface area (Å²) in [5, 5.41) is 2.68. The molecule has 1 aliphatic rings. The van der Waals surface area contributed by atoms with Gasteiger partial charge in [0.25, 0.3) is 5.92 Å².